The molecule has 1 aliphatic rings. The minimum Gasteiger partial charge on any atom is -0.508 e. The molecule has 0 aromatic heterocycles. The lowest BCUT2D eigenvalue weighted by Crippen LogP contribution is -2.46. The number of phenolic OH excluding ortho intramolecular Hbond substituents is 1. The molecule has 1 fully saturated rings. The summed E-state index contributed by atoms with van der Waals surface area (Å²) in [6, 6.07) is 13.0. The van der Waals surface area contributed by atoms with Gasteiger partial charge in [0.2, 0.25) is 0 Å². The van der Waals surface area contributed by atoms with Crippen molar-refractivity contribution in [3.05, 3.63) is 74.3 Å². The van der Waals surface area contributed by atoms with Gasteiger partial charge in [0.25, 0.3) is 5.09 Å². The van der Waals surface area contributed by atoms with Gasteiger partial charge in [-0.15, -0.1) is 10.1 Å². The highest BCUT2D eigenvalue weighted by molar-refractivity contribution is 6.31. The molecule has 0 spiro atoms. The van der Waals surface area contributed by atoms with Crippen molar-refractivity contribution in [2.45, 2.75) is 58.8 Å². The highest BCUT2D eigenvalue weighted by atomic mass is 35.5. The fourth-order valence-corrected chi connectivity index (χ4v) is 4.33. The fourth-order valence-electron chi connectivity index (χ4n) is 4.14. The van der Waals surface area contributed by atoms with Gasteiger partial charge >= 0.3 is 5.97 Å². The molecule has 1 heterocycles. The Morgan fingerprint density at radius 2 is 1.79 bits per heavy atom. The average molecular weight is 480 g/mol. The van der Waals surface area contributed by atoms with Crippen LogP contribution < -0.4 is 0 Å². The van der Waals surface area contributed by atoms with E-state index in [1.807, 2.05) is 30.3 Å². The number of hydrogen-bond acceptors (Lipinski definition) is 6. The van der Waals surface area contributed by atoms with Gasteiger partial charge in [-0.1, -0.05) is 56.6 Å². The first-order chi connectivity index (χ1) is 15.5. The number of rotatable bonds is 5. The predicted molar refractivity (Wildman–Crippen MR) is 123 cm³/mol. The zero-order chi connectivity index (χ0) is 24.7. The van der Waals surface area contributed by atoms with Crippen molar-refractivity contribution in [3.63, 3.8) is 0 Å². The summed E-state index contributed by atoms with van der Waals surface area (Å²) in [6.07, 6.45) is 0.987. The van der Waals surface area contributed by atoms with E-state index in [4.69, 9.17) is 36.4 Å². The second kappa shape index (κ2) is 11.9. The van der Waals surface area contributed by atoms with Crippen molar-refractivity contribution in [2.24, 2.45) is 11.8 Å². The summed E-state index contributed by atoms with van der Waals surface area (Å²) in [4.78, 5) is 20.1. The van der Waals surface area contributed by atoms with Crippen molar-refractivity contribution in [3.8, 4) is 5.75 Å². The Hall–Kier alpha value is -2.84. The summed E-state index contributed by atoms with van der Waals surface area (Å²) >= 11 is 6.47. The van der Waals surface area contributed by atoms with Gasteiger partial charge in [-0.05, 0) is 53.6 Å². The number of hydrogen-bond donors (Lipinski definition) is 2. The fraction of sp³-hybridized carbons (Fsp3) is 0.458. The Balaban J connectivity index is 0.000000890. The number of carbonyl (C=O) groups excluding carboxylic acids is 1. The Morgan fingerprint density at radius 3 is 2.33 bits per heavy atom. The number of halogens is 1. The molecule has 1 saturated heterocycles. The van der Waals surface area contributed by atoms with Gasteiger partial charge in [0.15, 0.2) is 0 Å². The maximum atomic E-state index is 11.8. The van der Waals surface area contributed by atoms with Gasteiger partial charge in [-0.3, -0.25) is 4.79 Å². The zero-order valence-electron chi connectivity index (χ0n) is 19.1. The molecule has 1 aliphatic heterocycles. The van der Waals surface area contributed by atoms with Gasteiger partial charge in [0.1, 0.15) is 18.0 Å². The number of benzene rings is 2. The number of nitrogens with zero attached hydrogens (tertiary/aromatic N) is 1. The standard InChI is InChI=1S/C24H29ClO4.HNO3/c1-5-22-14(2)15(3)23(28-16(4)26)24(29-22)18-8-11-21(25)19(13-18)12-17-6-9-20(27)10-7-17;2-1(3)4/h6-11,13-15,22-24,27H,5,12H2,1-4H3;(H,2,3,4)/t14-,15-,22+,23+,24-;/m0./s1. The number of ether oxygens (including phenoxy) is 2. The first-order valence-electron chi connectivity index (χ1n) is 10.8. The van der Waals surface area contributed by atoms with Crippen LogP contribution in [0.25, 0.3) is 0 Å². The molecular weight excluding hydrogens is 450 g/mol. The lowest BCUT2D eigenvalue weighted by atomic mass is 9.78. The smallest absolute Gasteiger partial charge is 0.303 e. The Kier molecular flexibility index (Phi) is 9.49. The highest BCUT2D eigenvalue weighted by Gasteiger charge is 2.43. The molecule has 5 atom stereocenters. The van der Waals surface area contributed by atoms with E-state index in [1.54, 1.807) is 12.1 Å². The Labute approximate surface area is 198 Å². The van der Waals surface area contributed by atoms with Crippen LogP contribution in [-0.2, 0) is 20.7 Å². The third-order valence-corrected chi connectivity index (χ3v) is 6.36. The largest absolute Gasteiger partial charge is 0.508 e. The molecule has 0 radical (unpaired) electrons. The summed E-state index contributed by atoms with van der Waals surface area (Å²) in [5, 5.41) is 23.8. The van der Waals surface area contributed by atoms with Crippen LogP contribution in [-0.4, -0.2) is 33.6 Å². The van der Waals surface area contributed by atoms with E-state index in [0.29, 0.717) is 17.4 Å². The van der Waals surface area contributed by atoms with Crippen LogP contribution in [0.15, 0.2) is 42.5 Å². The van der Waals surface area contributed by atoms with Crippen molar-refractivity contribution in [1.29, 1.82) is 0 Å². The maximum absolute atomic E-state index is 11.8. The van der Waals surface area contributed by atoms with Crippen LogP contribution in [0.5, 0.6) is 5.75 Å². The van der Waals surface area contributed by atoms with Gasteiger partial charge in [0, 0.05) is 17.9 Å². The van der Waals surface area contributed by atoms with Crippen LogP contribution >= 0.6 is 11.6 Å². The molecule has 2 N–H and O–H groups in total. The predicted octanol–water partition coefficient (Wildman–Crippen LogP) is 5.34. The van der Waals surface area contributed by atoms with Crippen molar-refractivity contribution in [1.82, 2.24) is 0 Å². The van der Waals surface area contributed by atoms with E-state index < -0.39 is 5.09 Å². The molecule has 180 valence electrons. The van der Waals surface area contributed by atoms with Crippen LogP contribution in [0.2, 0.25) is 5.02 Å². The minimum absolute atomic E-state index is 0.109. The second-order valence-electron chi connectivity index (χ2n) is 8.23. The van der Waals surface area contributed by atoms with Crippen LogP contribution in [0, 0.1) is 22.0 Å². The monoisotopic (exact) mass is 479 g/mol. The van der Waals surface area contributed by atoms with Gasteiger partial charge in [0.05, 0.1) is 6.10 Å². The van der Waals surface area contributed by atoms with Crippen LogP contribution in [0.3, 0.4) is 0 Å². The molecule has 0 unspecified atom stereocenters. The summed E-state index contributed by atoms with van der Waals surface area (Å²) in [6.45, 7) is 7.85. The Bertz CT molecular complexity index is 946. The normalized spacial score (nSPS) is 24.3. The van der Waals surface area contributed by atoms with Crippen LogP contribution in [0.1, 0.15) is 56.9 Å². The summed E-state index contributed by atoms with van der Waals surface area (Å²) in [5.74, 6) is 0.418. The molecule has 2 aromatic carbocycles. The third kappa shape index (κ3) is 7.33. The molecule has 0 amide bonds. The number of aromatic hydroxyl groups is 1. The van der Waals surface area contributed by atoms with E-state index in [1.165, 1.54) is 6.92 Å². The SMILES string of the molecule is CC[C@H]1O[C@@H](c2ccc(Cl)c(Cc3ccc(O)cc3)c2)[C@H](OC(C)=O)[C@@H](C)[C@@H]1C.O=[N+]([O-])O. The van der Waals surface area contributed by atoms with Crippen molar-refractivity contribution in [2.75, 3.05) is 0 Å². The lowest BCUT2D eigenvalue weighted by Gasteiger charge is -2.44. The second-order valence-corrected chi connectivity index (χ2v) is 8.63. The molecule has 3 rings (SSSR count). The zero-order valence-corrected chi connectivity index (χ0v) is 19.9. The van der Waals surface area contributed by atoms with Crippen molar-refractivity contribution >= 4 is 17.6 Å². The lowest BCUT2D eigenvalue weighted by molar-refractivity contribution is -0.742. The third-order valence-electron chi connectivity index (χ3n) is 5.99. The molecular formula is C24H30ClNO7. The van der Waals surface area contributed by atoms with Crippen LogP contribution in [0.4, 0.5) is 0 Å². The minimum atomic E-state index is -1.50. The van der Waals surface area contributed by atoms with E-state index in [9.17, 15) is 9.90 Å². The average Bonchev–Trinajstić information content (AvgIpc) is 2.74. The maximum Gasteiger partial charge on any atom is 0.303 e. The topological polar surface area (TPSA) is 119 Å². The first kappa shape index (κ1) is 26.4. The molecule has 2 aromatic rings. The molecule has 0 aliphatic carbocycles. The molecule has 0 bridgehead atoms. The molecule has 0 saturated carbocycles. The van der Waals surface area contributed by atoms with Gasteiger partial charge < -0.3 is 19.8 Å². The molecule has 9 heteroatoms. The quantitative estimate of drug-likeness (QED) is 0.337. The number of esters is 1. The van der Waals surface area contributed by atoms with Crippen molar-refractivity contribution < 1.29 is 29.7 Å². The highest BCUT2D eigenvalue weighted by Crippen LogP contribution is 2.42. The van der Waals surface area contributed by atoms with E-state index in [2.05, 4.69) is 20.8 Å². The van der Waals surface area contributed by atoms with Gasteiger partial charge in [-0.25, -0.2) is 0 Å². The van der Waals surface area contributed by atoms with E-state index >= 15 is 0 Å². The molecule has 8 nitrogen and oxygen atoms in total. The summed E-state index contributed by atoms with van der Waals surface area (Å²) in [7, 11) is 0. The van der Waals surface area contributed by atoms with E-state index in [-0.39, 0.29) is 35.9 Å². The molecule has 33 heavy (non-hydrogen) atoms. The summed E-state index contributed by atoms with van der Waals surface area (Å²) < 4.78 is 12.1. The Morgan fingerprint density at radius 1 is 1.18 bits per heavy atom. The summed E-state index contributed by atoms with van der Waals surface area (Å²) in [5.41, 5.74) is 2.99. The van der Waals surface area contributed by atoms with E-state index in [0.717, 1.165) is 23.1 Å². The number of phenols is 1. The number of carbonyl (C=O) groups is 1. The first-order valence-corrected chi connectivity index (χ1v) is 11.1. The van der Waals surface area contributed by atoms with Gasteiger partial charge in [-0.2, -0.15) is 0 Å².